The van der Waals surface area contributed by atoms with Crippen LogP contribution in [0.2, 0.25) is 5.02 Å². The summed E-state index contributed by atoms with van der Waals surface area (Å²) in [5.41, 5.74) is 0.502. The molecule has 162 valence electrons. The molecule has 1 aromatic carbocycles. The Hall–Kier alpha value is -1.82. The number of hydrogen-bond acceptors (Lipinski definition) is 2. The number of amides is 1. The maximum Gasteiger partial charge on any atom is 0.225 e. The van der Waals surface area contributed by atoms with Crippen molar-refractivity contribution >= 4 is 23.5 Å². The summed E-state index contributed by atoms with van der Waals surface area (Å²) >= 11 is 6.09. The third kappa shape index (κ3) is 6.88. The van der Waals surface area contributed by atoms with Crippen molar-refractivity contribution in [1.82, 2.24) is 15.5 Å². The number of nitrogens with zero attached hydrogens (tertiary/aromatic N) is 2. The van der Waals surface area contributed by atoms with Crippen LogP contribution in [0, 0.1) is 11.7 Å². The number of guanidine groups is 1. The lowest BCUT2D eigenvalue weighted by Gasteiger charge is -2.34. The number of carbonyl (C=O) groups is 1. The molecule has 0 saturated carbocycles. The monoisotopic (exact) mass is 424 g/mol. The van der Waals surface area contributed by atoms with Crippen LogP contribution in [0.25, 0.3) is 0 Å². The van der Waals surface area contributed by atoms with Crippen molar-refractivity contribution < 1.29 is 9.18 Å². The van der Waals surface area contributed by atoms with E-state index in [2.05, 4.69) is 29.5 Å². The van der Waals surface area contributed by atoms with E-state index in [9.17, 15) is 9.18 Å². The first-order valence-electron chi connectivity index (χ1n) is 10.8. The SMILES string of the molecule is CCNC(=NCCc1c(F)cccc1Cl)NC1CCN(C(=O)C(CC)CC)CC1. The molecule has 7 heteroatoms. The minimum atomic E-state index is -0.292. The zero-order chi connectivity index (χ0) is 21.2. The fraction of sp³-hybridized carbons (Fsp3) is 0.636. The van der Waals surface area contributed by atoms with E-state index in [1.807, 2.05) is 11.8 Å². The van der Waals surface area contributed by atoms with Gasteiger partial charge >= 0.3 is 0 Å². The van der Waals surface area contributed by atoms with E-state index in [0.29, 0.717) is 23.6 Å². The van der Waals surface area contributed by atoms with Gasteiger partial charge in [-0.3, -0.25) is 9.79 Å². The van der Waals surface area contributed by atoms with Crippen molar-refractivity contribution in [2.24, 2.45) is 10.9 Å². The highest BCUT2D eigenvalue weighted by molar-refractivity contribution is 6.31. The summed E-state index contributed by atoms with van der Waals surface area (Å²) in [4.78, 5) is 19.1. The van der Waals surface area contributed by atoms with Gasteiger partial charge in [-0.2, -0.15) is 0 Å². The van der Waals surface area contributed by atoms with Gasteiger partial charge in [0.25, 0.3) is 0 Å². The van der Waals surface area contributed by atoms with Gasteiger partial charge in [-0.1, -0.05) is 31.5 Å². The largest absolute Gasteiger partial charge is 0.357 e. The second kappa shape index (κ2) is 12.0. The van der Waals surface area contributed by atoms with E-state index in [1.54, 1.807) is 12.1 Å². The molecule has 0 unspecified atom stereocenters. The first-order valence-corrected chi connectivity index (χ1v) is 11.1. The molecule has 1 aromatic rings. The van der Waals surface area contributed by atoms with E-state index in [1.165, 1.54) is 6.07 Å². The molecule has 0 aromatic heterocycles. The molecule has 0 radical (unpaired) electrons. The summed E-state index contributed by atoms with van der Waals surface area (Å²) in [7, 11) is 0. The van der Waals surface area contributed by atoms with Gasteiger partial charge in [0.15, 0.2) is 5.96 Å². The lowest BCUT2D eigenvalue weighted by molar-refractivity contribution is -0.136. The van der Waals surface area contributed by atoms with E-state index in [4.69, 9.17) is 11.6 Å². The molecule has 1 saturated heterocycles. The van der Waals surface area contributed by atoms with Gasteiger partial charge in [0, 0.05) is 48.7 Å². The van der Waals surface area contributed by atoms with Gasteiger partial charge in [0.2, 0.25) is 5.91 Å². The Labute approximate surface area is 179 Å². The van der Waals surface area contributed by atoms with Crippen molar-refractivity contribution in [1.29, 1.82) is 0 Å². The first kappa shape index (κ1) is 23.5. The molecule has 2 rings (SSSR count). The lowest BCUT2D eigenvalue weighted by Crippen LogP contribution is -2.50. The molecule has 1 heterocycles. The second-order valence-corrected chi connectivity index (χ2v) is 7.88. The Balaban J connectivity index is 1.87. The van der Waals surface area contributed by atoms with Crippen molar-refractivity contribution in [2.45, 2.75) is 58.9 Å². The van der Waals surface area contributed by atoms with Gasteiger partial charge in [-0.15, -0.1) is 0 Å². The molecular weight excluding hydrogens is 391 g/mol. The summed E-state index contributed by atoms with van der Waals surface area (Å²) in [6.45, 7) is 8.92. The number of piperidine rings is 1. The molecule has 0 spiro atoms. The quantitative estimate of drug-likeness (QED) is 0.489. The first-order chi connectivity index (χ1) is 14.0. The van der Waals surface area contributed by atoms with Crippen molar-refractivity contribution in [2.75, 3.05) is 26.2 Å². The number of halogens is 2. The highest BCUT2D eigenvalue weighted by Gasteiger charge is 2.26. The molecule has 1 aliphatic heterocycles. The van der Waals surface area contributed by atoms with Crippen LogP contribution in [0.1, 0.15) is 52.0 Å². The minimum absolute atomic E-state index is 0.142. The Kier molecular flexibility index (Phi) is 9.71. The molecular formula is C22H34ClFN4O. The van der Waals surface area contributed by atoms with Crippen LogP contribution in [0.3, 0.4) is 0 Å². The molecule has 0 aliphatic carbocycles. The normalized spacial score (nSPS) is 15.7. The Bertz CT molecular complexity index is 665. The minimum Gasteiger partial charge on any atom is -0.357 e. The average Bonchev–Trinajstić information content (AvgIpc) is 2.71. The van der Waals surface area contributed by atoms with E-state index >= 15 is 0 Å². The summed E-state index contributed by atoms with van der Waals surface area (Å²) < 4.78 is 13.9. The van der Waals surface area contributed by atoms with Crippen LogP contribution >= 0.6 is 11.6 Å². The van der Waals surface area contributed by atoms with E-state index in [0.717, 1.165) is 51.3 Å². The summed E-state index contributed by atoms with van der Waals surface area (Å²) in [6, 6.07) is 5.00. The average molecular weight is 425 g/mol. The number of rotatable bonds is 8. The molecule has 0 bridgehead atoms. The van der Waals surface area contributed by atoms with Crippen LogP contribution in [0.4, 0.5) is 4.39 Å². The number of benzene rings is 1. The highest BCUT2D eigenvalue weighted by atomic mass is 35.5. The molecule has 1 fully saturated rings. The Morgan fingerprint density at radius 1 is 1.28 bits per heavy atom. The highest BCUT2D eigenvalue weighted by Crippen LogP contribution is 2.20. The molecule has 5 nitrogen and oxygen atoms in total. The molecule has 1 aliphatic rings. The smallest absolute Gasteiger partial charge is 0.225 e. The topological polar surface area (TPSA) is 56.7 Å². The van der Waals surface area contributed by atoms with Gasteiger partial charge in [-0.05, 0) is 51.2 Å². The summed E-state index contributed by atoms with van der Waals surface area (Å²) in [5, 5.41) is 7.15. The van der Waals surface area contributed by atoms with Crippen molar-refractivity contribution in [3.05, 3.63) is 34.6 Å². The number of carbonyl (C=O) groups excluding carboxylic acids is 1. The fourth-order valence-corrected chi connectivity index (χ4v) is 3.96. The predicted molar refractivity (Wildman–Crippen MR) is 118 cm³/mol. The van der Waals surface area contributed by atoms with Crippen LogP contribution in [0.15, 0.2) is 23.2 Å². The number of aliphatic imine (C=N–C) groups is 1. The zero-order valence-electron chi connectivity index (χ0n) is 17.8. The molecule has 29 heavy (non-hydrogen) atoms. The third-order valence-electron chi connectivity index (χ3n) is 5.52. The maximum atomic E-state index is 13.9. The van der Waals surface area contributed by atoms with Gasteiger partial charge in [0.1, 0.15) is 5.82 Å². The van der Waals surface area contributed by atoms with Gasteiger partial charge < -0.3 is 15.5 Å². The number of likely N-dealkylation sites (tertiary alicyclic amines) is 1. The van der Waals surface area contributed by atoms with Gasteiger partial charge in [0.05, 0.1) is 0 Å². The number of nitrogens with one attached hydrogen (secondary N) is 2. The lowest BCUT2D eigenvalue weighted by atomic mass is 9.98. The van der Waals surface area contributed by atoms with E-state index in [-0.39, 0.29) is 23.7 Å². The van der Waals surface area contributed by atoms with Crippen molar-refractivity contribution in [3.8, 4) is 0 Å². The van der Waals surface area contributed by atoms with E-state index < -0.39 is 0 Å². The van der Waals surface area contributed by atoms with Crippen LogP contribution in [-0.4, -0.2) is 49.0 Å². The summed E-state index contributed by atoms with van der Waals surface area (Å²) in [5.74, 6) is 0.865. The number of hydrogen-bond donors (Lipinski definition) is 2. The van der Waals surface area contributed by atoms with Crippen LogP contribution in [-0.2, 0) is 11.2 Å². The van der Waals surface area contributed by atoms with Crippen LogP contribution in [0.5, 0.6) is 0 Å². The fourth-order valence-electron chi connectivity index (χ4n) is 3.70. The van der Waals surface area contributed by atoms with Gasteiger partial charge in [-0.25, -0.2) is 4.39 Å². The molecule has 1 amide bonds. The zero-order valence-corrected chi connectivity index (χ0v) is 18.6. The second-order valence-electron chi connectivity index (χ2n) is 7.47. The third-order valence-corrected chi connectivity index (χ3v) is 5.87. The predicted octanol–water partition coefficient (Wildman–Crippen LogP) is 4.00. The van der Waals surface area contributed by atoms with Crippen molar-refractivity contribution in [3.63, 3.8) is 0 Å². The molecule has 2 N–H and O–H groups in total. The maximum absolute atomic E-state index is 13.9. The Morgan fingerprint density at radius 3 is 2.55 bits per heavy atom. The Morgan fingerprint density at radius 2 is 1.97 bits per heavy atom. The van der Waals surface area contributed by atoms with Crippen LogP contribution < -0.4 is 10.6 Å². The molecule has 0 atom stereocenters. The standard InChI is InChI=1S/C22H34ClFN4O/c1-4-16(5-2)21(29)28-14-11-17(12-15-28)27-22(25-6-3)26-13-10-18-19(23)8-7-9-20(18)24/h7-9,16-17H,4-6,10-15H2,1-3H3,(H2,25,26,27). The summed E-state index contributed by atoms with van der Waals surface area (Å²) in [6.07, 6.45) is 4.04.